The van der Waals surface area contributed by atoms with Crippen molar-refractivity contribution in [1.82, 2.24) is 5.32 Å². The van der Waals surface area contributed by atoms with Gasteiger partial charge in [-0.15, -0.1) is 0 Å². The van der Waals surface area contributed by atoms with E-state index in [2.05, 4.69) is 22.8 Å². The summed E-state index contributed by atoms with van der Waals surface area (Å²) in [7, 11) is 4.69. The molecule has 1 atom stereocenters. The second kappa shape index (κ2) is 11.7. The summed E-state index contributed by atoms with van der Waals surface area (Å²) in [4.78, 5) is 18.5. The van der Waals surface area contributed by atoms with E-state index in [0.717, 1.165) is 22.2 Å². The first kappa shape index (κ1) is 25.2. The van der Waals surface area contributed by atoms with Gasteiger partial charge in [-0.1, -0.05) is 60.3 Å². The molecular formula is C28H29N3O4S. The van der Waals surface area contributed by atoms with Gasteiger partial charge in [-0.25, -0.2) is 4.99 Å². The average molecular weight is 504 g/mol. The molecule has 0 fully saturated rings. The highest BCUT2D eigenvalue weighted by Gasteiger charge is 2.31. The number of carbonyl (C=O) groups is 1. The number of hydrogen-bond acceptors (Lipinski definition) is 7. The highest BCUT2D eigenvalue weighted by Crippen LogP contribution is 2.43. The van der Waals surface area contributed by atoms with E-state index >= 15 is 0 Å². The summed E-state index contributed by atoms with van der Waals surface area (Å²) in [5.74, 6) is 1.99. The number of methoxy groups -OCH3 is 3. The molecular weight excluding hydrogens is 474 g/mol. The molecule has 0 aliphatic carbocycles. The number of amidine groups is 1. The fourth-order valence-corrected chi connectivity index (χ4v) is 4.86. The minimum Gasteiger partial charge on any atom is -0.493 e. The van der Waals surface area contributed by atoms with Crippen LogP contribution in [0.3, 0.4) is 0 Å². The number of hydrogen-bond donors (Lipinski definition) is 2. The number of para-hydroxylation sites is 1. The molecule has 4 rings (SSSR count). The fraction of sp³-hybridized carbons (Fsp3) is 0.214. The van der Waals surface area contributed by atoms with E-state index < -0.39 is 6.04 Å². The van der Waals surface area contributed by atoms with Gasteiger partial charge in [-0.05, 0) is 42.3 Å². The van der Waals surface area contributed by atoms with Gasteiger partial charge in [0.15, 0.2) is 16.7 Å². The summed E-state index contributed by atoms with van der Waals surface area (Å²) in [6, 6.07) is 22.6. The van der Waals surface area contributed by atoms with Gasteiger partial charge in [0.1, 0.15) is 6.04 Å². The molecule has 8 heteroatoms. The van der Waals surface area contributed by atoms with Gasteiger partial charge < -0.3 is 24.8 Å². The molecule has 1 aliphatic heterocycles. The number of anilines is 1. The summed E-state index contributed by atoms with van der Waals surface area (Å²) in [6.45, 7) is 1.89. The van der Waals surface area contributed by atoms with E-state index in [1.807, 2.05) is 67.6 Å². The molecule has 1 amide bonds. The van der Waals surface area contributed by atoms with E-state index in [4.69, 9.17) is 19.2 Å². The Bertz CT molecular complexity index is 1250. The Kier molecular flexibility index (Phi) is 8.17. The third kappa shape index (κ3) is 5.66. The summed E-state index contributed by atoms with van der Waals surface area (Å²) < 4.78 is 16.6. The fourth-order valence-electron chi connectivity index (χ4n) is 3.96. The SMILES string of the molecule is COc1cc([C@H]2N=C(SCc3ccccc3)NC(C)=C2C(=O)Nc2ccccc2)cc(OC)c1OC. The summed E-state index contributed by atoms with van der Waals surface area (Å²) in [6.07, 6.45) is 0. The van der Waals surface area contributed by atoms with Gasteiger partial charge in [0.25, 0.3) is 5.91 Å². The molecule has 0 saturated carbocycles. The van der Waals surface area contributed by atoms with Gasteiger partial charge in [-0.3, -0.25) is 4.79 Å². The monoisotopic (exact) mass is 503 g/mol. The zero-order valence-electron chi connectivity index (χ0n) is 20.7. The Labute approximate surface area is 215 Å². The topological polar surface area (TPSA) is 81.2 Å². The highest BCUT2D eigenvalue weighted by molar-refractivity contribution is 8.13. The molecule has 1 aliphatic rings. The number of rotatable bonds is 8. The maximum Gasteiger partial charge on any atom is 0.255 e. The molecule has 0 aromatic heterocycles. The van der Waals surface area contributed by atoms with Crippen LogP contribution in [-0.4, -0.2) is 32.4 Å². The first-order valence-corrected chi connectivity index (χ1v) is 12.4. The molecule has 3 aromatic carbocycles. The van der Waals surface area contributed by atoms with Crippen LogP contribution >= 0.6 is 11.8 Å². The third-order valence-electron chi connectivity index (χ3n) is 5.72. The van der Waals surface area contributed by atoms with Crippen molar-refractivity contribution < 1.29 is 19.0 Å². The van der Waals surface area contributed by atoms with Crippen LogP contribution in [0.5, 0.6) is 17.2 Å². The van der Waals surface area contributed by atoms with Crippen molar-refractivity contribution in [3.63, 3.8) is 0 Å². The lowest BCUT2D eigenvalue weighted by molar-refractivity contribution is -0.113. The van der Waals surface area contributed by atoms with Crippen LogP contribution in [0.1, 0.15) is 24.1 Å². The van der Waals surface area contributed by atoms with E-state index in [9.17, 15) is 4.79 Å². The van der Waals surface area contributed by atoms with Crippen molar-refractivity contribution in [3.05, 3.63) is 95.2 Å². The maximum atomic E-state index is 13.5. The van der Waals surface area contributed by atoms with Crippen LogP contribution in [0.4, 0.5) is 5.69 Å². The normalized spacial score (nSPS) is 15.0. The second-order valence-corrected chi connectivity index (χ2v) is 9.02. The number of amides is 1. The molecule has 0 unspecified atom stereocenters. The highest BCUT2D eigenvalue weighted by atomic mass is 32.2. The largest absolute Gasteiger partial charge is 0.493 e. The van der Waals surface area contributed by atoms with Gasteiger partial charge in [0.05, 0.1) is 26.9 Å². The van der Waals surface area contributed by atoms with Gasteiger partial charge >= 0.3 is 0 Å². The average Bonchev–Trinajstić information content (AvgIpc) is 2.91. The Morgan fingerprint density at radius 1 is 0.944 bits per heavy atom. The molecule has 2 N–H and O–H groups in total. The van der Waals surface area contributed by atoms with Crippen LogP contribution in [-0.2, 0) is 10.5 Å². The molecule has 1 heterocycles. The zero-order valence-corrected chi connectivity index (χ0v) is 21.5. The van der Waals surface area contributed by atoms with E-state index in [0.29, 0.717) is 28.5 Å². The summed E-state index contributed by atoms with van der Waals surface area (Å²) >= 11 is 1.58. The van der Waals surface area contributed by atoms with E-state index in [-0.39, 0.29) is 5.91 Å². The number of carbonyl (C=O) groups excluding carboxylic acids is 1. The number of nitrogens with one attached hydrogen (secondary N) is 2. The lowest BCUT2D eigenvalue weighted by Gasteiger charge is -2.27. The first-order valence-electron chi connectivity index (χ1n) is 11.4. The molecule has 7 nitrogen and oxygen atoms in total. The van der Waals surface area contributed by atoms with Crippen molar-refractivity contribution in [1.29, 1.82) is 0 Å². The lowest BCUT2D eigenvalue weighted by Crippen LogP contribution is -2.32. The maximum absolute atomic E-state index is 13.5. The smallest absolute Gasteiger partial charge is 0.255 e. The third-order valence-corrected chi connectivity index (χ3v) is 6.67. The molecule has 3 aromatic rings. The van der Waals surface area contributed by atoms with Crippen molar-refractivity contribution in [2.24, 2.45) is 4.99 Å². The standard InChI is InChI=1S/C28H29N3O4S/c1-18-24(27(32)30-21-13-9-6-10-14-21)25(20-15-22(33-2)26(35-4)23(16-20)34-3)31-28(29-18)36-17-19-11-7-5-8-12-19/h5-16,25H,17H2,1-4H3,(H,29,31)(H,30,32)/t25-/m1/s1. The molecule has 36 heavy (non-hydrogen) atoms. The second-order valence-electron chi connectivity index (χ2n) is 8.05. The Hall–Kier alpha value is -3.91. The van der Waals surface area contributed by atoms with Gasteiger partial charge in [0.2, 0.25) is 5.75 Å². The molecule has 0 spiro atoms. The molecule has 0 bridgehead atoms. The molecule has 0 radical (unpaired) electrons. The Balaban J connectivity index is 1.73. The Morgan fingerprint density at radius 2 is 1.56 bits per heavy atom. The predicted molar refractivity (Wildman–Crippen MR) is 145 cm³/mol. The lowest BCUT2D eigenvalue weighted by atomic mass is 9.95. The zero-order chi connectivity index (χ0) is 25.5. The van der Waals surface area contributed by atoms with Crippen molar-refractivity contribution in [2.45, 2.75) is 18.7 Å². The molecule has 0 saturated heterocycles. The van der Waals surface area contributed by atoms with Crippen LogP contribution in [0.2, 0.25) is 0 Å². The van der Waals surface area contributed by atoms with Crippen LogP contribution in [0.25, 0.3) is 0 Å². The van der Waals surface area contributed by atoms with Gasteiger partial charge in [0, 0.05) is 17.1 Å². The molecule has 186 valence electrons. The van der Waals surface area contributed by atoms with Crippen LogP contribution in [0, 0.1) is 0 Å². The number of allylic oxidation sites excluding steroid dienone is 1. The van der Waals surface area contributed by atoms with E-state index in [1.165, 1.54) is 5.56 Å². The number of benzene rings is 3. The summed E-state index contributed by atoms with van der Waals surface area (Å²) in [5.41, 5.74) is 3.89. The van der Waals surface area contributed by atoms with Crippen molar-refractivity contribution in [2.75, 3.05) is 26.6 Å². The van der Waals surface area contributed by atoms with Crippen molar-refractivity contribution >= 4 is 28.5 Å². The number of nitrogens with zero attached hydrogens (tertiary/aromatic N) is 1. The number of thioether (sulfide) groups is 1. The number of aliphatic imine (C=N–C) groups is 1. The van der Waals surface area contributed by atoms with Crippen molar-refractivity contribution in [3.8, 4) is 17.2 Å². The minimum atomic E-state index is -0.582. The Morgan fingerprint density at radius 3 is 2.14 bits per heavy atom. The van der Waals surface area contributed by atoms with Crippen LogP contribution < -0.4 is 24.8 Å². The van der Waals surface area contributed by atoms with E-state index in [1.54, 1.807) is 33.1 Å². The summed E-state index contributed by atoms with van der Waals surface area (Å²) in [5, 5.41) is 7.05. The van der Waals surface area contributed by atoms with Crippen LogP contribution in [0.15, 0.2) is 89.1 Å². The minimum absolute atomic E-state index is 0.235. The number of ether oxygens (including phenoxy) is 3. The quantitative estimate of drug-likeness (QED) is 0.419. The predicted octanol–water partition coefficient (Wildman–Crippen LogP) is 5.56. The first-order chi connectivity index (χ1) is 17.5. The van der Waals surface area contributed by atoms with Gasteiger partial charge in [-0.2, -0.15) is 0 Å².